The predicted molar refractivity (Wildman–Crippen MR) is 83.2 cm³/mol. The Morgan fingerprint density at radius 2 is 1.75 bits per heavy atom. The summed E-state index contributed by atoms with van der Waals surface area (Å²) in [6.07, 6.45) is 0. The molecule has 0 fully saturated rings. The van der Waals surface area contributed by atoms with Gasteiger partial charge >= 0.3 is 11.3 Å². The molecule has 0 aliphatic rings. The third-order valence-electron chi connectivity index (χ3n) is 3.36. The molecule has 0 saturated carbocycles. The van der Waals surface area contributed by atoms with Gasteiger partial charge in [-0.3, -0.25) is 10.1 Å². The number of benzene rings is 2. The number of hydrogen-bond acceptors (Lipinski definition) is 7. The zero-order valence-electron chi connectivity index (χ0n) is 12.0. The Bertz CT molecular complexity index is 1010. The predicted octanol–water partition coefficient (Wildman–Crippen LogP) is 1.81. The molecule has 0 aliphatic heterocycles. The lowest BCUT2D eigenvalue weighted by molar-refractivity contribution is -0.386. The van der Waals surface area contributed by atoms with Crippen molar-refractivity contribution in [1.29, 1.82) is 0 Å². The van der Waals surface area contributed by atoms with Crippen molar-refractivity contribution in [2.45, 2.75) is 0 Å². The highest BCUT2D eigenvalue weighted by molar-refractivity contribution is 5.96. The SMILES string of the molecule is O=C([O-])c1ccc(Nc2c([N+](=O)[O-])c(=O)oc3ccccc23)cc1. The van der Waals surface area contributed by atoms with E-state index < -0.39 is 22.2 Å². The van der Waals surface area contributed by atoms with Gasteiger partial charge in [-0.1, -0.05) is 24.3 Å². The van der Waals surface area contributed by atoms with Gasteiger partial charge in [-0.05, 0) is 29.8 Å². The number of anilines is 2. The second-order valence-corrected chi connectivity index (χ2v) is 4.86. The summed E-state index contributed by atoms with van der Waals surface area (Å²) < 4.78 is 4.96. The first kappa shape index (κ1) is 15.2. The highest BCUT2D eigenvalue weighted by Crippen LogP contribution is 2.32. The first-order valence-electron chi connectivity index (χ1n) is 6.76. The molecule has 1 N–H and O–H groups in total. The van der Waals surface area contributed by atoms with Gasteiger partial charge in [0.15, 0.2) is 0 Å². The van der Waals surface area contributed by atoms with Gasteiger partial charge < -0.3 is 19.6 Å². The third-order valence-corrected chi connectivity index (χ3v) is 3.36. The van der Waals surface area contributed by atoms with Crippen LogP contribution in [0.15, 0.2) is 57.7 Å². The van der Waals surface area contributed by atoms with Crippen molar-refractivity contribution in [1.82, 2.24) is 0 Å². The molecule has 0 atom stereocenters. The smallest absolute Gasteiger partial charge is 0.417 e. The van der Waals surface area contributed by atoms with Crippen LogP contribution in [0.3, 0.4) is 0 Å². The van der Waals surface area contributed by atoms with Crippen molar-refractivity contribution in [2.75, 3.05) is 5.32 Å². The molecule has 8 nitrogen and oxygen atoms in total. The molecule has 0 saturated heterocycles. The fourth-order valence-electron chi connectivity index (χ4n) is 2.27. The van der Waals surface area contributed by atoms with Crippen LogP contribution in [-0.4, -0.2) is 10.9 Å². The number of carboxylic acid groups (broad SMARTS) is 1. The summed E-state index contributed by atoms with van der Waals surface area (Å²) in [6.45, 7) is 0. The Kier molecular flexibility index (Phi) is 3.70. The van der Waals surface area contributed by atoms with E-state index >= 15 is 0 Å². The van der Waals surface area contributed by atoms with E-state index in [2.05, 4.69) is 5.32 Å². The Morgan fingerprint density at radius 3 is 2.38 bits per heavy atom. The van der Waals surface area contributed by atoms with Gasteiger partial charge in [-0.25, -0.2) is 4.79 Å². The van der Waals surface area contributed by atoms with Crippen molar-refractivity contribution >= 4 is 34.0 Å². The average molecular weight is 325 g/mol. The van der Waals surface area contributed by atoms with Crippen molar-refractivity contribution in [2.24, 2.45) is 0 Å². The van der Waals surface area contributed by atoms with Gasteiger partial charge in [-0.2, -0.15) is 0 Å². The van der Waals surface area contributed by atoms with E-state index in [1.165, 1.54) is 30.3 Å². The van der Waals surface area contributed by atoms with Crippen LogP contribution in [-0.2, 0) is 0 Å². The van der Waals surface area contributed by atoms with E-state index in [0.717, 1.165) is 0 Å². The molecule has 0 radical (unpaired) electrons. The van der Waals surface area contributed by atoms with Crippen LogP contribution in [0.1, 0.15) is 10.4 Å². The molecule has 1 heterocycles. The first-order valence-corrected chi connectivity index (χ1v) is 6.76. The molecule has 24 heavy (non-hydrogen) atoms. The second-order valence-electron chi connectivity index (χ2n) is 4.86. The monoisotopic (exact) mass is 325 g/mol. The summed E-state index contributed by atoms with van der Waals surface area (Å²) >= 11 is 0. The number of carboxylic acids is 1. The number of nitrogens with one attached hydrogen (secondary N) is 1. The molecule has 8 heteroatoms. The highest BCUT2D eigenvalue weighted by atomic mass is 16.6. The molecular weight excluding hydrogens is 316 g/mol. The van der Waals surface area contributed by atoms with Gasteiger partial charge in [0.2, 0.25) is 0 Å². The van der Waals surface area contributed by atoms with Gasteiger partial charge in [-0.15, -0.1) is 0 Å². The molecule has 0 amide bonds. The largest absolute Gasteiger partial charge is 0.545 e. The standard InChI is InChI=1S/C16H10N2O6/c19-15(20)9-5-7-10(8-6-9)17-13-11-3-1-2-4-12(11)24-16(21)14(13)18(22)23/h1-8,17H,(H,19,20)/p-1. The first-order chi connectivity index (χ1) is 11.5. The van der Waals surface area contributed by atoms with Gasteiger partial charge in [0, 0.05) is 11.1 Å². The molecule has 0 aliphatic carbocycles. The zero-order valence-corrected chi connectivity index (χ0v) is 12.0. The minimum absolute atomic E-state index is 0.0203. The molecule has 1 aromatic heterocycles. The molecule has 0 unspecified atom stereocenters. The number of nitro groups is 1. The lowest BCUT2D eigenvalue weighted by Crippen LogP contribution is -2.21. The van der Waals surface area contributed by atoms with Crippen LogP contribution < -0.4 is 16.0 Å². The Hall–Kier alpha value is -3.68. The molecule has 3 rings (SSSR count). The van der Waals surface area contributed by atoms with E-state index in [1.807, 2.05) is 0 Å². The third kappa shape index (κ3) is 2.68. The normalized spacial score (nSPS) is 10.5. The van der Waals surface area contributed by atoms with Crippen LogP contribution in [0.2, 0.25) is 0 Å². The summed E-state index contributed by atoms with van der Waals surface area (Å²) in [5, 5.41) is 25.1. The van der Waals surface area contributed by atoms with Crippen molar-refractivity contribution in [3.8, 4) is 0 Å². The minimum Gasteiger partial charge on any atom is -0.545 e. The summed E-state index contributed by atoms with van der Waals surface area (Å²) in [4.78, 5) is 33.1. The van der Waals surface area contributed by atoms with Crippen molar-refractivity contribution in [3.05, 3.63) is 74.6 Å². The lowest BCUT2D eigenvalue weighted by atomic mass is 10.1. The fraction of sp³-hybridized carbons (Fsp3) is 0. The quantitative estimate of drug-likeness (QED) is 0.440. The second kappa shape index (κ2) is 5.84. The van der Waals surface area contributed by atoms with Gasteiger partial charge in [0.1, 0.15) is 11.3 Å². The number of aromatic carboxylic acids is 1. The number of carbonyl (C=O) groups is 1. The van der Waals surface area contributed by atoms with Crippen molar-refractivity contribution < 1.29 is 19.2 Å². The molecule has 2 aromatic carbocycles. The maximum Gasteiger partial charge on any atom is 0.417 e. The van der Waals surface area contributed by atoms with E-state index in [4.69, 9.17) is 4.42 Å². The zero-order chi connectivity index (χ0) is 17.3. The Labute approximate surface area is 134 Å². The molecule has 3 aromatic rings. The maximum atomic E-state index is 11.9. The van der Waals surface area contributed by atoms with Crippen molar-refractivity contribution in [3.63, 3.8) is 0 Å². The van der Waals surface area contributed by atoms with E-state index in [-0.39, 0.29) is 16.8 Å². The fourth-order valence-corrected chi connectivity index (χ4v) is 2.27. The number of nitrogens with zero attached hydrogens (tertiary/aromatic N) is 1. The van der Waals surface area contributed by atoms with E-state index in [0.29, 0.717) is 11.1 Å². The van der Waals surface area contributed by atoms with Crippen LogP contribution in [0, 0.1) is 10.1 Å². The lowest BCUT2D eigenvalue weighted by Gasteiger charge is -2.10. The number of para-hydroxylation sites is 1. The number of fused-ring (bicyclic) bond motifs is 1. The molecule has 0 bridgehead atoms. The average Bonchev–Trinajstić information content (AvgIpc) is 2.54. The summed E-state index contributed by atoms with van der Waals surface area (Å²) in [6, 6.07) is 11.8. The highest BCUT2D eigenvalue weighted by Gasteiger charge is 2.24. The minimum atomic E-state index is -1.33. The topological polar surface area (TPSA) is 126 Å². The molecule has 120 valence electrons. The Morgan fingerprint density at radius 1 is 1.08 bits per heavy atom. The van der Waals surface area contributed by atoms with Gasteiger partial charge in [0.25, 0.3) is 0 Å². The number of rotatable bonds is 4. The maximum absolute atomic E-state index is 11.9. The summed E-state index contributed by atoms with van der Waals surface area (Å²) in [5.74, 6) is -1.33. The summed E-state index contributed by atoms with van der Waals surface area (Å²) in [7, 11) is 0. The van der Waals surface area contributed by atoms with Gasteiger partial charge in [0.05, 0.1) is 10.9 Å². The van der Waals surface area contributed by atoms with E-state index in [1.54, 1.807) is 18.2 Å². The Balaban J connectivity index is 2.16. The van der Waals surface area contributed by atoms with Crippen LogP contribution >= 0.6 is 0 Å². The van der Waals surface area contributed by atoms with E-state index in [9.17, 15) is 24.8 Å². The van der Waals surface area contributed by atoms with Crippen LogP contribution in [0.25, 0.3) is 11.0 Å². The molecular formula is C16H9N2O6-. The number of carbonyl (C=O) groups excluding carboxylic acids is 1. The molecule has 0 spiro atoms. The van der Waals surface area contributed by atoms with Crippen LogP contribution in [0.5, 0.6) is 0 Å². The summed E-state index contributed by atoms with van der Waals surface area (Å²) in [5.41, 5.74) is -1.29. The van der Waals surface area contributed by atoms with Crippen LogP contribution in [0.4, 0.5) is 17.1 Å². The number of hydrogen-bond donors (Lipinski definition) is 1.